The van der Waals surface area contributed by atoms with Gasteiger partial charge in [0.15, 0.2) is 0 Å². The molecule has 0 spiro atoms. The number of nitrogens with one attached hydrogen (secondary N) is 1. The zero-order chi connectivity index (χ0) is 9.80. The first-order chi connectivity index (χ1) is 6.86. The van der Waals surface area contributed by atoms with E-state index in [0.29, 0.717) is 0 Å². The molecule has 1 aliphatic heterocycles. The summed E-state index contributed by atoms with van der Waals surface area (Å²) in [5.74, 6) is 3.87. The highest BCUT2D eigenvalue weighted by atomic mass is 32.2. The molecule has 0 amide bonds. The van der Waals surface area contributed by atoms with Crippen molar-refractivity contribution in [3.63, 3.8) is 0 Å². The van der Waals surface area contributed by atoms with Crippen molar-refractivity contribution in [2.75, 3.05) is 30.3 Å². The Morgan fingerprint density at radius 2 is 2.21 bits per heavy atom. The molecule has 0 saturated carbocycles. The molecule has 14 heavy (non-hydrogen) atoms. The highest BCUT2D eigenvalue weighted by Crippen LogP contribution is 2.32. The molecule has 1 aliphatic rings. The van der Waals surface area contributed by atoms with Gasteiger partial charge in [-0.25, -0.2) is 10.9 Å². The highest BCUT2D eigenvalue weighted by molar-refractivity contribution is 8.16. The fourth-order valence-corrected chi connectivity index (χ4v) is 3.99. The third kappa shape index (κ3) is 2.42. The maximum atomic E-state index is 5.90. The average molecular weight is 209 g/mol. The average Bonchev–Trinajstić information content (AvgIpc) is 2.23. The van der Waals surface area contributed by atoms with Crippen molar-refractivity contribution in [1.29, 1.82) is 0 Å². The van der Waals surface area contributed by atoms with E-state index in [0.717, 1.165) is 5.69 Å². The van der Waals surface area contributed by atoms with Gasteiger partial charge in [-0.3, -0.25) is 0 Å². The Balaban J connectivity index is 1.99. The molecule has 0 atom stereocenters. The van der Waals surface area contributed by atoms with E-state index in [2.05, 4.69) is 17.4 Å². The van der Waals surface area contributed by atoms with E-state index < -0.39 is 0 Å². The number of hydrogen-bond donors (Lipinski definition) is 3. The summed E-state index contributed by atoms with van der Waals surface area (Å²) < 4.78 is 0. The molecule has 3 heteroatoms. The van der Waals surface area contributed by atoms with Gasteiger partial charge in [0.05, 0.1) is 0 Å². The maximum Gasteiger partial charge on any atom is 0.0360 e. The monoisotopic (exact) mass is 209 g/mol. The minimum atomic E-state index is 0.179. The van der Waals surface area contributed by atoms with Crippen molar-refractivity contribution >= 4 is 16.6 Å². The smallest absolute Gasteiger partial charge is 0.0360 e. The Labute approximate surface area is 88.2 Å². The lowest BCUT2D eigenvalue weighted by Crippen LogP contribution is -2.29. The van der Waals surface area contributed by atoms with Gasteiger partial charge in [0.25, 0.3) is 0 Å². The lowest BCUT2D eigenvalue weighted by atomic mass is 10.2. The van der Waals surface area contributed by atoms with Crippen LogP contribution in [0, 0.1) is 6.07 Å². The molecule has 0 bridgehead atoms. The molecule has 1 aromatic rings. The van der Waals surface area contributed by atoms with Gasteiger partial charge in [0, 0.05) is 24.5 Å². The molecular weight excluding hydrogens is 192 g/mol. The zero-order valence-corrected chi connectivity index (χ0v) is 9.19. The normalized spacial score (nSPS) is 19.6. The van der Waals surface area contributed by atoms with E-state index in [-0.39, 0.29) is 10.9 Å². The molecule has 0 aliphatic carbocycles. The molecule has 1 heterocycles. The van der Waals surface area contributed by atoms with Crippen LogP contribution in [-0.4, -0.2) is 24.6 Å². The third-order valence-electron chi connectivity index (χ3n) is 2.59. The number of thiol groups is 1. The topological polar surface area (TPSA) is 38.0 Å². The number of nitrogen functional groups attached to an aromatic ring is 1. The molecule has 1 saturated heterocycles. The predicted octanol–water partition coefficient (Wildman–Crippen LogP) is 1.17. The van der Waals surface area contributed by atoms with Crippen LogP contribution in [0.1, 0.15) is 5.56 Å². The van der Waals surface area contributed by atoms with Crippen LogP contribution in [0.15, 0.2) is 18.2 Å². The van der Waals surface area contributed by atoms with Crippen molar-refractivity contribution in [2.45, 2.75) is 5.75 Å². The van der Waals surface area contributed by atoms with Crippen LogP contribution in [0.5, 0.6) is 0 Å². The van der Waals surface area contributed by atoms with Gasteiger partial charge in [-0.15, -0.1) is 0 Å². The lowest BCUT2D eigenvalue weighted by molar-refractivity contribution is 0.751. The van der Waals surface area contributed by atoms with E-state index >= 15 is 0 Å². The van der Waals surface area contributed by atoms with Gasteiger partial charge in [-0.1, -0.05) is 12.1 Å². The Morgan fingerprint density at radius 3 is 2.93 bits per heavy atom. The van der Waals surface area contributed by atoms with E-state index in [4.69, 9.17) is 5.73 Å². The molecular formula is C11H17N2S. The maximum absolute atomic E-state index is 5.90. The SMILES string of the molecule is Nc1c[c]ccc1C[SH]1CCNCC1. The van der Waals surface area contributed by atoms with Crippen molar-refractivity contribution < 1.29 is 0 Å². The molecule has 0 unspecified atom stereocenters. The van der Waals surface area contributed by atoms with Gasteiger partial charge in [-0.2, -0.15) is 0 Å². The first-order valence-corrected chi connectivity index (χ1v) is 6.93. The fourth-order valence-electron chi connectivity index (χ4n) is 1.73. The van der Waals surface area contributed by atoms with Crippen LogP contribution < -0.4 is 11.1 Å². The minimum absolute atomic E-state index is 0.179. The first-order valence-electron chi connectivity index (χ1n) is 5.04. The van der Waals surface area contributed by atoms with E-state index in [1.165, 1.54) is 35.9 Å². The summed E-state index contributed by atoms with van der Waals surface area (Å²) in [6, 6.07) is 8.96. The number of nitrogens with two attached hydrogens (primary N) is 1. The second-order valence-corrected chi connectivity index (χ2v) is 6.20. The van der Waals surface area contributed by atoms with Crippen LogP contribution in [0.4, 0.5) is 5.69 Å². The van der Waals surface area contributed by atoms with Gasteiger partial charge >= 0.3 is 0 Å². The van der Waals surface area contributed by atoms with Crippen molar-refractivity contribution in [3.8, 4) is 0 Å². The second kappa shape index (κ2) is 4.71. The summed E-state index contributed by atoms with van der Waals surface area (Å²) in [7, 11) is 0.179. The van der Waals surface area contributed by atoms with Crippen LogP contribution in [0.2, 0.25) is 0 Å². The van der Waals surface area contributed by atoms with Gasteiger partial charge in [-0.05, 0) is 29.2 Å². The summed E-state index contributed by atoms with van der Waals surface area (Å²) in [6.07, 6.45) is 0. The van der Waals surface area contributed by atoms with E-state index in [1.807, 2.05) is 12.1 Å². The Kier molecular flexibility index (Phi) is 3.32. The standard InChI is InChI=1S/C11H17N2S/c12-11-4-2-1-3-10(11)9-14-7-5-13-6-8-14/h1,3-4,13-14H,5-9,12H2. The summed E-state index contributed by atoms with van der Waals surface area (Å²) in [6.45, 7) is 2.37. The number of hydrogen-bond acceptors (Lipinski definition) is 2. The molecule has 0 aromatic heterocycles. The van der Waals surface area contributed by atoms with Crippen molar-refractivity contribution in [2.24, 2.45) is 0 Å². The van der Waals surface area contributed by atoms with Crippen LogP contribution in [0.25, 0.3) is 0 Å². The first kappa shape index (κ1) is 9.87. The number of benzene rings is 1. The largest absolute Gasteiger partial charge is 0.398 e. The lowest BCUT2D eigenvalue weighted by Gasteiger charge is -2.27. The van der Waals surface area contributed by atoms with Gasteiger partial charge in [0.2, 0.25) is 0 Å². The number of anilines is 1. The Bertz CT molecular complexity index is 295. The summed E-state index contributed by atoms with van der Waals surface area (Å²) in [5.41, 5.74) is 8.13. The van der Waals surface area contributed by atoms with Gasteiger partial charge < -0.3 is 11.1 Å². The van der Waals surface area contributed by atoms with Crippen molar-refractivity contribution in [3.05, 3.63) is 29.8 Å². The molecule has 1 radical (unpaired) electrons. The highest BCUT2D eigenvalue weighted by Gasteiger charge is 2.10. The van der Waals surface area contributed by atoms with Crippen molar-refractivity contribution in [1.82, 2.24) is 5.32 Å². The molecule has 1 aromatic carbocycles. The third-order valence-corrected chi connectivity index (χ3v) is 5.09. The quantitative estimate of drug-likeness (QED) is 0.505. The van der Waals surface area contributed by atoms with E-state index in [9.17, 15) is 0 Å². The second-order valence-electron chi connectivity index (χ2n) is 3.65. The molecule has 3 N–H and O–H groups in total. The van der Waals surface area contributed by atoms with Gasteiger partial charge in [0.1, 0.15) is 0 Å². The van der Waals surface area contributed by atoms with Crippen LogP contribution >= 0.6 is 10.9 Å². The molecule has 2 nitrogen and oxygen atoms in total. The van der Waals surface area contributed by atoms with Crippen LogP contribution in [0.3, 0.4) is 0 Å². The molecule has 2 rings (SSSR count). The Hall–Kier alpha value is -0.670. The Morgan fingerprint density at radius 1 is 1.43 bits per heavy atom. The molecule has 77 valence electrons. The van der Waals surface area contributed by atoms with E-state index in [1.54, 1.807) is 0 Å². The van der Waals surface area contributed by atoms with Crippen LogP contribution in [-0.2, 0) is 5.75 Å². The molecule has 1 fully saturated rings. The zero-order valence-electron chi connectivity index (χ0n) is 8.29. The fraction of sp³-hybridized carbons (Fsp3) is 0.455. The number of rotatable bonds is 2. The minimum Gasteiger partial charge on any atom is -0.398 e. The summed E-state index contributed by atoms with van der Waals surface area (Å²) in [4.78, 5) is 0. The predicted molar refractivity (Wildman–Crippen MR) is 65.0 cm³/mol. The summed E-state index contributed by atoms with van der Waals surface area (Å²) in [5, 5.41) is 3.39. The summed E-state index contributed by atoms with van der Waals surface area (Å²) >= 11 is 0.